The lowest BCUT2D eigenvalue weighted by atomic mass is 9.96. The van der Waals surface area contributed by atoms with Gasteiger partial charge in [0, 0.05) is 23.5 Å². The van der Waals surface area contributed by atoms with Gasteiger partial charge >= 0.3 is 0 Å². The maximum atomic E-state index is 4.55. The average Bonchev–Trinajstić information content (AvgIpc) is 2.88. The van der Waals surface area contributed by atoms with Gasteiger partial charge in [-0.1, -0.05) is 58.0 Å². The number of anilines is 1. The third-order valence-electron chi connectivity index (χ3n) is 3.32. The van der Waals surface area contributed by atoms with Gasteiger partial charge in [-0.15, -0.1) is 0 Å². The molecule has 1 aromatic carbocycles. The van der Waals surface area contributed by atoms with Crippen LogP contribution >= 0.6 is 11.5 Å². The number of hydrogen-bond donors (Lipinski definition) is 1. The quantitative estimate of drug-likeness (QED) is 0.884. The number of hydrogen-bond acceptors (Lipinski definition) is 4. The van der Waals surface area contributed by atoms with Crippen molar-refractivity contribution in [1.82, 2.24) is 9.36 Å². The molecule has 0 aliphatic heterocycles. The molecule has 1 atom stereocenters. The van der Waals surface area contributed by atoms with Crippen molar-refractivity contribution in [2.24, 2.45) is 0 Å². The molecule has 20 heavy (non-hydrogen) atoms. The first kappa shape index (κ1) is 15.0. The van der Waals surface area contributed by atoms with E-state index >= 15 is 0 Å². The van der Waals surface area contributed by atoms with E-state index in [4.69, 9.17) is 0 Å². The Bertz CT molecular complexity index is 528. The third-order valence-corrected chi connectivity index (χ3v) is 3.99. The number of aromatic nitrogens is 2. The fraction of sp³-hybridized carbons (Fsp3) is 0.500. The molecule has 0 fully saturated rings. The van der Waals surface area contributed by atoms with Crippen LogP contribution in [0.15, 0.2) is 30.3 Å². The minimum Gasteiger partial charge on any atom is -0.360 e. The van der Waals surface area contributed by atoms with E-state index in [2.05, 4.69) is 72.7 Å². The fourth-order valence-corrected chi connectivity index (χ4v) is 2.73. The second kappa shape index (κ2) is 6.35. The predicted octanol–water partition coefficient (Wildman–Crippen LogP) is 4.44. The van der Waals surface area contributed by atoms with Gasteiger partial charge in [-0.3, -0.25) is 0 Å². The first-order valence-corrected chi connectivity index (χ1v) is 7.87. The molecule has 3 nitrogen and oxygen atoms in total. The Labute approximate surface area is 125 Å². The van der Waals surface area contributed by atoms with Crippen LogP contribution < -0.4 is 5.32 Å². The Morgan fingerprint density at radius 2 is 1.90 bits per heavy atom. The minimum absolute atomic E-state index is 0.0216. The van der Waals surface area contributed by atoms with Crippen LogP contribution in [0.3, 0.4) is 0 Å². The van der Waals surface area contributed by atoms with Crippen molar-refractivity contribution in [3.63, 3.8) is 0 Å². The van der Waals surface area contributed by atoms with Crippen molar-refractivity contribution >= 4 is 16.7 Å². The molecule has 0 saturated heterocycles. The molecule has 1 N–H and O–H groups in total. The van der Waals surface area contributed by atoms with Crippen LogP contribution in [-0.2, 0) is 5.41 Å². The summed E-state index contributed by atoms with van der Waals surface area (Å²) in [6.45, 7) is 9.59. The number of nitrogens with zero attached hydrogens (tertiary/aromatic N) is 2. The molecule has 1 heterocycles. The van der Waals surface area contributed by atoms with Crippen LogP contribution in [0.2, 0.25) is 0 Å². The summed E-state index contributed by atoms with van der Waals surface area (Å²) < 4.78 is 4.41. The molecule has 0 aliphatic carbocycles. The molecule has 108 valence electrons. The largest absolute Gasteiger partial charge is 0.360 e. The molecule has 0 bridgehead atoms. The van der Waals surface area contributed by atoms with Gasteiger partial charge in [0.15, 0.2) is 0 Å². The van der Waals surface area contributed by atoms with E-state index in [0.717, 1.165) is 23.9 Å². The molecule has 0 aliphatic rings. The van der Waals surface area contributed by atoms with E-state index in [1.807, 2.05) is 0 Å². The summed E-state index contributed by atoms with van der Waals surface area (Å²) in [6, 6.07) is 10.6. The maximum Gasteiger partial charge on any atom is 0.202 e. The molecule has 2 rings (SSSR count). The predicted molar refractivity (Wildman–Crippen MR) is 86.6 cm³/mol. The zero-order valence-corrected chi connectivity index (χ0v) is 13.5. The molecule has 0 amide bonds. The van der Waals surface area contributed by atoms with E-state index in [-0.39, 0.29) is 5.41 Å². The highest BCUT2D eigenvalue weighted by molar-refractivity contribution is 7.09. The normalized spacial score (nSPS) is 13.2. The van der Waals surface area contributed by atoms with Crippen LogP contribution in [-0.4, -0.2) is 15.9 Å². The van der Waals surface area contributed by atoms with Crippen molar-refractivity contribution in [2.75, 3.05) is 11.9 Å². The minimum atomic E-state index is 0.0216. The number of benzene rings is 1. The molecule has 1 aromatic heterocycles. The van der Waals surface area contributed by atoms with Crippen molar-refractivity contribution in [2.45, 2.75) is 45.4 Å². The summed E-state index contributed by atoms with van der Waals surface area (Å²) in [5, 5.41) is 4.31. The standard InChI is InChI=1S/C16H23N3S/c1-12(13-8-6-5-7-9-13)10-11-17-15-18-14(19-20-15)16(2,3)4/h5-9,12H,10-11H2,1-4H3,(H,17,18,19). The van der Waals surface area contributed by atoms with Crippen LogP contribution in [0.25, 0.3) is 0 Å². The lowest BCUT2D eigenvalue weighted by molar-refractivity contribution is 0.555. The van der Waals surface area contributed by atoms with Gasteiger partial charge in [0.1, 0.15) is 5.82 Å². The molecule has 1 unspecified atom stereocenters. The van der Waals surface area contributed by atoms with Crippen LogP contribution in [0.5, 0.6) is 0 Å². The van der Waals surface area contributed by atoms with Crippen LogP contribution in [0.1, 0.15) is 51.4 Å². The van der Waals surface area contributed by atoms with Gasteiger partial charge in [0.25, 0.3) is 0 Å². The molecule has 0 spiro atoms. The molecule has 0 radical (unpaired) electrons. The molecule has 2 aromatic rings. The average molecular weight is 289 g/mol. The Balaban J connectivity index is 1.83. The zero-order valence-electron chi connectivity index (χ0n) is 12.7. The second-order valence-corrected chi connectivity index (χ2v) is 6.95. The first-order chi connectivity index (χ1) is 9.47. The summed E-state index contributed by atoms with van der Waals surface area (Å²) in [6.07, 6.45) is 1.09. The fourth-order valence-electron chi connectivity index (χ4n) is 1.94. The molecule has 4 heteroatoms. The Kier molecular flexibility index (Phi) is 4.76. The van der Waals surface area contributed by atoms with Crippen LogP contribution in [0.4, 0.5) is 5.13 Å². The van der Waals surface area contributed by atoms with Gasteiger partial charge in [-0.05, 0) is 17.9 Å². The van der Waals surface area contributed by atoms with Gasteiger partial charge in [0.05, 0.1) is 0 Å². The molecular formula is C16H23N3S. The summed E-state index contributed by atoms with van der Waals surface area (Å²) >= 11 is 1.45. The summed E-state index contributed by atoms with van der Waals surface area (Å²) in [7, 11) is 0. The van der Waals surface area contributed by atoms with Gasteiger partial charge in [-0.2, -0.15) is 4.37 Å². The Hall–Kier alpha value is -1.42. The van der Waals surface area contributed by atoms with Crippen molar-refractivity contribution < 1.29 is 0 Å². The lowest BCUT2D eigenvalue weighted by Crippen LogP contribution is -2.13. The Morgan fingerprint density at radius 3 is 2.50 bits per heavy atom. The van der Waals surface area contributed by atoms with Gasteiger partial charge in [-0.25, -0.2) is 4.98 Å². The number of rotatable bonds is 5. The maximum absolute atomic E-state index is 4.55. The first-order valence-electron chi connectivity index (χ1n) is 7.10. The van der Waals surface area contributed by atoms with E-state index in [1.165, 1.54) is 17.1 Å². The second-order valence-electron chi connectivity index (χ2n) is 6.20. The number of nitrogens with one attached hydrogen (secondary N) is 1. The highest BCUT2D eigenvalue weighted by atomic mass is 32.1. The monoisotopic (exact) mass is 289 g/mol. The van der Waals surface area contributed by atoms with Gasteiger partial charge < -0.3 is 5.32 Å². The van der Waals surface area contributed by atoms with Crippen molar-refractivity contribution in [3.05, 3.63) is 41.7 Å². The zero-order chi connectivity index (χ0) is 14.6. The lowest BCUT2D eigenvalue weighted by Gasteiger charge is -2.13. The highest BCUT2D eigenvalue weighted by Crippen LogP contribution is 2.23. The molecular weight excluding hydrogens is 266 g/mol. The van der Waals surface area contributed by atoms with E-state index < -0.39 is 0 Å². The summed E-state index contributed by atoms with van der Waals surface area (Å²) in [4.78, 5) is 4.55. The van der Waals surface area contributed by atoms with E-state index in [0.29, 0.717) is 5.92 Å². The summed E-state index contributed by atoms with van der Waals surface area (Å²) in [5.74, 6) is 1.47. The highest BCUT2D eigenvalue weighted by Gasteiger charge is 2.19. The van der Waals surface area contributed by atoms with E-state index in [9.17, 15) is 0 Å². The Morgan fingerprint density at radius 1 is 1.20 bits per heavy atom. The van der Waals surface area contributed by atoms with E-state index in [1.54, 1.807) is 0 Å². The van der Waals surface area contributed by atoms with Crippen molar-refractivity contribution in [3.8, 4) is 0 Å². The smallest absolute Gasteiger partial charge is 0.202 e. The van der Waals surface area contributed by atoms with Gasteiger partial charge in [0.2, 0.25) is 5.13 Å². The van der Waals surface area contributed by atoms with Crippen LogP contribution in [0, 0.1) is 0 Å². The molecule has 0 saturated carbocycles. The topological polar surface area (TPSA) is 37.8 Å². The SMILES string of the molecule is CC(CCNc1nc(C(C)(C)C)ns1)c1ccccc1. The van der Waals surface area contributed by atoms with Crippen molar-refractivity contribution in [1.29, 1.82) is 0 Å². The summed E-state index contributed by atoms with van der Waals surface area (Å²) in [5.41, 5.74) is 1.41. The third kappa shape index (κ3) is 4.04.